The van der Waals surface area contributed by atoms with E-state index in [4.69, 9.17) is 4.84 Å². The van der Waals surface area contributed by atoms with E-state index in [1.54, 1.807) is 0 Å². The quantitative estimate of drug-likeness (QED) is 0.484. The average Bonchev–Trinajstić information content (AvgIpc) is 1.69. The number of hydrogen-bond acceptors (Lipinski definition) is 2. The van der Waals surface area contributed by atoms with Gasteiger partial charge in [-0.05, 0) is 19.8 Å². The number of nitrogens with one attached hydrogen (secondary N) is 1. The molecular weight excluding hydrogens is 90.1 g/mol. The van der Waals surface area contributed by atoms with E-state index in [2.05, 4.69) is 12.4 Å². The topological polar surface area (TPSA) is 21.3 Å². The van der Waals surface area contributed by atoms with Gasteiger partial charge in [-0.15, -0.1) is 0 Å². The van der Waals surface area contributed by atoms with E-state index in [0.29, 0.717) is 6.10 Å². The summed E-state index contributed by atoms with van der Waals surface area (Å²) in [6.07, 6.45) is 2.88. The Balaban J connectivity index is 2.12. The maximum absolute atomic E-state index is 5.03. The highest BCUT2D eigenvalue weighted by Crippen LogP contribution is 2.02. The van der Waals surface area contributed by atoms with Gasteiger partial charge in [0.15, 0.2) is 0 Å². The molecule has 0 aromatic rings. The van der Waals surface area contributed by atoms with Gasteiger partial charge in [0.25, 0.3) is 0 Å². The lowest BCUT2D eigenvalue weighted by atomic mass is 10.2. The summed E-state index contributed by atoms with van der Waals surface area (Å²) >= 11 is 0. The maximum atomic E-state index is 5.03. The number of hydrogen-bond donors (Lipinski definition) is 1. The molecule has 2 nitrogen and oxygen atoms in total. The van der Waals surface area contributed by atoms with Crippen LogP contribution in [0.15, 0.2) is 0 Å². The van der Waals surface area contributed by atoms with Crippen molar-refractivity contribution in [3.05, 3.63) is 0 Å². The first kappa shape index (κ1) is 5.06. The number of rotatable bonds is 0. The third-order valence-corrected chi connectivity index (χ3v) is 1.17. The van der Waals surface area contributed by atoms with E-state index >= 15 is 0 Å². The zero-order chi connectivity index (χ0) is 5.11. The van der Waals surface area contributed by atoms with Gasteiger partial charge in [-0.3, -0.25) is 4.84 Å². The zero-order valence-corrected chi connectivity index (χ0v) is 4.61. The van der Waals surface area contributed by atoms with Crippen LogP contribution in [0, 0.1) is 0 Å². The fourth-order valence-corrected chi connectivity index (χ4v) is 0.722. The highest BCUT2D eigenvalue weighted by molar-refractivity contribution is 4.54. The molecule has 1 heterocycles. The first-order chi connectivity index (χ1) is 3.39. The first-order valence-corrected chi connectivity index (χ1v) is 2.78. The minimum Gasteiger partial charge on any atom is -0.299 e. The molecule has 0 aromatic heterocycles. The number of hydroxylamine groups is 1. The Morgan fingerprint density at radius 3 is 2.86 bits per heavy atom. The summed E-state index contributed by atoms with van der Waals surface area (Å²) in [7, 11) is 0. The van der Waals surface area contributed by atoms with Crippen LogP contribution in [0.1, 0.15) is 19.8 Å². The Morgan fingerprint density at radius 2 is 2.57 bits per heavy atom. The van der Waals surface area contributed by atoms with Crippen molar-refractivity contribution in [1.29, 1.82) is 0 Å². The van der Waals surface area contributed by atoms with Gasteiger partial charge in [-0.1, -0.05) is 0 Å². The van der Waals surface area contributed by atoms with E-state index in [1.165, 1.54) is 12.8 Å². The van der Waals surface area contributed by atoms with Crippen LogP contribution in [0.25, 0.3) is 0 Å². The van der Waals surface area contributed by atoms with Crippen molar-refractivity contribution in [2.45, 2.75) is 25.9 Å². The van der Waals surface area contributed by atoms with E-state index in [0.717, 1.165) is 6.54 Å². The normalized spacial score (nSPS) is 33.0. The van der Waals surface area contributed by atoms with Crippen molar-refractivity contribution >= 4 is 0 Å². The molecule has 1 saturated heterocycles. The summed E-state index contributed by atoms with van der Waals surface area (Å²) < 4.78 is 0. The van der Waals surface area contributed by atoms with Gasteiger partial charge in [0.05, 0.1) is 6.10 Å². The van der Waals surface area contributed by atoms with Gasteiger partial charge in [0, 0.05) is 6.54 Å². The first-order valence-electron chi connectivity index (χ1n) is 2.78. The molecule has 0 aromatic carbocycles. The molecular formula is C5H11NO. The highest BCUT2D eigenvalue weighted by atomic mass is 16.7. The smallest absolute Gasteiger partial charge is 0.0762 e. The van der Waals surface area contributed by atoms with Crippen molar-refractivity contribution in [1.82, 2.24) is 5.48 Å². The highest BCUT2D eigenvalue weighted by Gasteiger charge is 2.05. The molecule has 1 aliphatic heterocycles. The third kappa shape index (κ3) is 1.45. The van der Waals surface area contributed by atoms with Gasteiger partial charge in [-0.25, -0.2) is 5.48 Å². The van der Waals surface area contributed by atoms with E-state index in [-0.39, 0.29) is 0 Å². The molecule has 7 heavy (non-hydrogen) atoms. The van der Waals surface area contributed by atoms with Crippen LogP contribution in [0.2, 0.25) is 0 Å². The molecule has 0 saturated carbocycles. The van der Waals surface area contributed by atoms with E-state index in [1.807, 2.05) is 0 Å². The summed E-state index contributed by atoms with van der Waals surface area (Å²) in [5.41, 5.74) is 2.83. The molecule has 42 valence electrons. The molecule has 2 heteroatoms. The van der Waals surface area contributed by atoms with Crippen LogP contribution in [0.3, 0.4) is 0 Å². The molecule has 1 atom stereocenters. The Labute approximate surface area is 43.8 Å². The predicted molar refractivity (Wildman–Crippen MR) is 27.8 cm³/mol. The minimum atomic E-state index is 0.425. The predicted octanol–water partition coefficient (Wildman–Crippen LogP) is 0.690. The van der Waals surface area contributed by atoms with E-state index < -0.39 is 0 Å². The zero-order valence-electron chi connectivity index (χ0n) is 4.61. The Morgan fingerprint density at radius 1 is 1.71 bits per heavy atom. The lowest BCUT2D eigenvalue weighted by Gasteiger charge is -2.17. The SMILES string of the molecule is CC1CCCNO1. The second-order valence-electron chi connectivity index (χ2n) is 1.97. The summed E-state index contributed by atoms with van der Waals surface area (Å²) in [6.45, 7) is 3.09. The summed E-state index contributed by atoms with van der Waals surface area (Å²) in [4.78, 5) is 5.03. The molecule has 1 N–H and O–H groups in total. The van der Waals surface area contributed by atoms with Gasteiger partial charge < -0.3 is 0 Å². The molecule has 0 aliphatic carbocycles. The van der Waals surface area contributed by atoms with Crippen LogP contribution < -0.4 is 5.48 Å². The Bertz CT molecular complexity index is 50.0. The molecule has 1 fully saturated rings. The van der Waals surface area contributed by atoms with Gasteiger partial charge in [0.1, 0.15) is 0 Å². The fraction of sp³-hybridized carbons (Fsp3) is 1.00. The minimum absolute atomic E-state index is 0.425. The third-order valence-electron chi connectivity index (χ3n) is 1.17. The molecule has 1 rings (SSSR count). The molecule has 0 spiro atoms. The van der Waals surface area contributed by atoms with Crippen LogP contribution in [0.4, 0.5) is 0 Å². The monoisotopic (exact) mass is 101 g/mol. The second-order valence-corrected chi connectivity index (χ2v) is 1.97. The fourth-order valence-electron chi connectivity index (χ4n) is 0.722. The molecule has 0 radical (unpaired) electrons. The van der Waals surface area contributed by atoms with Gasteiger partial charge in [-0.2, -0.15) is 0 Å². The maximum Gasteiger partial charge on any atom is 0.0762 e. The van der Waals surface area contributed by atoms with Gasteiger partial charge in [0.2, 0.25) is 0 Å². The Kier molecular flexibility index (Phi) is 1.65. The standard InChI is InChI=1S/C5H11NO/c1-5-3-2-4-6-7-5/h5-6H,2-4H2,1H3. The summed E-state index contributed by atoms with van der Waals surface area (Å²) in [5, 5.41) is 0. The molecule has 0 bridgehead atoms. The van der Waals surface area contributed by atoms with Crippen molar-refractivity contribution in [3.63, 3.8) is 0 Å². The van der Waals surface area contributed by atoms with Crippen LogP contribution >= 0.6 is 0 Å². The van der Waals surface area contributed by atoms with Gasteiger partial charge >= 0.3 is 0 Å². The second kappa shape index (κ2) is 2.28. The Hall–Kier alpha value is -0.0800. The van der Waals surface area contributed by atoms with Crippen LogP contribution in [-0.4, -0.2) is 12.6 Å². The van der Waals surface area contributed by atoms with Crippen molar-refractivity contribution in [3.8, 4) is 0 Å². The average molecular weight is 101 g/mol. The largest absolute Gasteiger partial charge is 0.299 e. The van der Waals surface area contributed by atoms with Crippen LogP contribution in [0.5, 0.6) is 0 Å². The van der Waals surface area contributed by atoms with Crippen molar-refractivity contribution < 1.29 is 4.84 Å². The van der Waals surface area contributed by atoms with E-state index in [9.17, 15) is 0 Å². The lowest BCUT2D eigenvalue weighted by molar-refractivity contribution is -0.0448. The molecule has 0 amide bonds. The van der Waals surface area contributed by atoms with Crippen molar-refractivity contribution in [2.75, 3.05) is 6.54 Å². The van der Waals surface area contributed by atoms with Crippen LogP contribution in [-0.2, 0) is 4.84 Å². The lowest BCUT2D eigenvalue weighted by Crippen LogP contribution is -2.28. The summed E-state index contributed by atoms with van der Waals surface area (Å²) in [5.74, 6) is 0. The molecule has 1 aliphatic rings. The van der Waals surface area contributed by atoms with Crippen molar-refractivity contribution in [2.24, 2.45) is 0 Å². The summed E-state index contributed by atoms with van der Waals surface area (Å²) in [6, 6.07) is 0. The molecule has 1 unspecified atom stereocenters.